The molecule has 166 valence electrons. The highest BCUT2D eigenvalue weighted by molar-refractivity contribution is 7.92. The Labute approximate surface area is 195 Å². The lowest BCUT2D eigenvalue weighted by Gasteiger charge is -2.11. The van der Waals surface area contributed by atoms with Gasteiger partial charge in [0.15, 0.2) is 0 Å². The second kappa shape index (κ2) is 10.0. The van der Waals surface area contributed by atoms with Gasteiger partial charge in [0.2, 0.25) is 0 Å². The van der Waals surface area contributed by atoms with Gasteiger partial charge >= 0.3 is 5.97 Å². The predicted molar refractivity (Wildman–Crippen MR) is 123 cm³/mol. The summed E-state index contributed by atoms with van der Waals surface area (Å²) in [5.74, 6) is -0.835. The fraction of sp³-hybridized carbons (Fsp3) is 0.0909. The van der Waals surface area contributed by atoms with Gasteiger partial charge in [-0.05, 0) is 54.1 Å². The average Bonchev–Trinajstić information content (AvgIpc) is 2.78. The number of hydrogen-bond donors (Lipinski definition) is 2. The molecule has 1 amide bonds. The predicted octanol–water partition coefficient (Wildman–Crippen LogP) is 4.51. The highest BCUT2D eigenvalue weighted by Gasteiger charge is 2.17. The second-order valence-electron chi connectivity index (χ2n) is 6.63. The normalized spacial score (nSPS) is 11.0. The van der Waals surface area contributed by atoms with Crippen molar-refractivity contribution in [3.05, 3.63) is 93.5 Å². The number of hydrogen-bond acceptors (Lipinski definition) is 5. The van der Waals surface area contributed by atoms with Gasteiger partial charge in [-0.15, -0.1) is 0 Å². The standard InChI is InChI=1S/C22H18Cl2N2O5S/c1-31-22(28)15-7-5-14(6-8-15)13-25-21(27)16-3-2-4-17(11-16)26-32(29,30)18-9-10-19(23)20(24)12-18/h2-12,26H,13H2,1H3,(H,25,27). The molecule has 2 N–H and O–H groups in total. The van der Waals surface area contributed by atoms with E-state index in [1.54, 1.807) is 36.4 Å². The fourth-order valence-corrected chi connectivity index (χ4v) is 4.18. The van der Waals surface area contributed by atoms with E-state index in [4.69, 9.17) is 23.2 Å². The first-order chi connectivity index (χ1) is 15.2. The molecule has 0 bridgehead atoms. The van der Waals surface area contributed by atoms with E-state index >= 15 is 0 Å². The molecule has 10 heteroatoms. The third-order valence-corrected chi connectivity index (χ3v) is 6.52. The van der Waals surface area contributed by atoms with Gasteiger partial charge < -0.3 is 10.1 Å². The monoisotopic (exact) mass is 492 g/mol. The van der Waals surface area contributed by atoms with E-state index in [0.717, 1.165) is 5.56 Å². The van der Waals surface area contributed by atoms with E-state index in [-0.39, 0.29) is 32.7 Å². The first-order valence-electron chi connectivity index (χ1n) is 9.23. The smallest absolute Gasteiger partial charge is 0.337 e. The lowest BCUT2D eigenvalue weighted by molar-refractivity contribution is 0.0600. The molecular weight excluding hydrogens is 475 g/mol. The molecule has 3 aromatic rings. The Morgan fingerprint density at radius 1 is 0.906 bits per heavy atom. The molecular formula is C22H18Cl2N2O5S. The number of benzene rings is 3. The van der Waals surface area contributed by atoms with Crippen molar-refractivity contribution in [2.45, 2.75) is 11.4 Å². The van der Waals surface area contributed by atoms with Crippen molar-refractivity contribution in [1.29, 1.82) is 0 Å². The Balaban J connectivity index is 1.67. The lowest BCUT2D eigenvalue weighted by atomic mass is 10.1. The molecule has 0 saturated heterocycles. The van der Waals surface area contributed by atoms with E-state index in [1.807, 2.05) is 0 Å². The summed E-state index contributed by atoms with van der Waals surface area (Å²) in [4.78, 5) is 23.9. The summed E-state index contributed by atoms with van der Waals surface area (Å²) in [5, 5.41) is 3.10. The minimum absolute atomic E-state index is 0.0582. The van der Waals surface area contributed by atoms with Gasteiger partial charge in [0, 0.05) is 17.8 Å². The lowest BCUT2D eigenvalue weighted by Crippen LogP contribution is -2.23. The van der Waals surface area contributed by atoms with E-state index in [0.29, 0.717) is 5.56 Å². The van der Waals surface area contributed by atoms with E-state index in [9.17, 15) is 18.0 Å². The van der Waals surface area contributed by atoms with Gasteiger partial charge in [0.1, 0.15) is 0 Å². The van der Waals surface area contributed by atoms with Crippen LogP contribution in [0.15, 0.2) is 71.6 Å². The minimum atomic E-state index is -3.93. The maximum atomic E-state index is 12.6. The topological polar surface area (TPSA) is 102 Å². The summed E-state index contributed by atoms with van der Waals surface area (Å²) >= 11 is 11.7. The van der Waals surface area contributed by atoms with Crippen LogP contribution >= 0.6 is 23.2 Å². The third kappa shape index (κ3) is 5.79. The minimum Gasteiger partial charge on any atom is -0.465 e. The van der Waals surface area contributed by atoms with Gasteiger partial charge in [0.25, 0.3) is 15.9 Å². The summed E-state index contributed by atoms with van der Waals surface area (Å²) < 4.78 is 32.3. The number of ether oxygens (including phenoxy) is 1. The van der Waals surface area contributed by atoms with E-state index < -0.39 is 21.9 Å². The Morgan fingerprint density at radius 2 is 1.62 bits per heavy atom. The zero-order valence-corrected chi connectivity index (χ0v) is 19.1. The van der Waals surface area contributed by atoms with Gasteiger partial charge in [0.05, 0.1) is 27.6 Å². The number of carbonyl (C=O) groups is 2. The highest BCUT2D eigenvalue weighted by Crippen LogP contribution is 2.26. The van der Waals surface area contributed by atoms with Gasteiger partial charge in [-0.1, -0.05) is 41.4 Å². The molecule has 0 saturated carbocycles. The number of anilines is 1. The van der Waals surface area contributed by atoms with Crippen LogP contribution in [-0.2, 0) is 21.3 Å². The summed E-state index contributed by atoms with van der Waals surface area (Å²) in [6.45, 7) is 0.222. The Morgan fingerprint density at radius 3 is 2.28 bits per heavy atom. The Bertz CT molecular complexity index is 1260. The zero-order valence-electron chi connectivity index (χ0n) is 16.8. The second-order valence-corrected chi connectivity index (χ2v) is 9.13. The first-order valence-corrected chi connectivity index (χ1v) is 11.5. The molecule has 32 heavy (non-hydrogen) atoms. The summed E-state index contributed by atoms with van der Waals surface area (Å²) in [6, 6.07) is 16.6. The molecule has 0 aromatic heterocycles. The zero-order chi connectivity index (χ0) is 23.3. The molecule has 7 nitrogen and oxygen atoms in total. The highest BCUT2D eigenvalue weighted by atomic mass is 35.5. The molecule has 0 unspecified atom stereocenters. The molecule has 0 aliphatic rings. The van der Waals surface area contributed by atoms with Crippen LogP contribution in [0.2, 0.25) is 10.0 Å². The van der Waals surface area contributed by atoms with Crippen LogP contribution in [0.25, 0.3) is 0 Å². The number of esters is 1. The molecule has 0 spiro atoms. The third-order valence-electron chi connectivity index (χ3n) is 4.41. The molecule has 0 atom stereocenters. The molecule has 3 rings (SSSR count). The van der Waals surface area contributed by atoms with E-state index in [2.05, 4.69) is 14.8 Å². The SMILES string of the molecule is COC(=O)c1ccc(CNC(=O)c2cccc(NS(=O)(=O)c3ccc(Cl)c(Cl)c3)c2)cc1. The van der Waals surface area contributed by atoms with Crippen molar-refractivity contribution >= 4 is 50.8 Å². The summed E-state index contributed by atoms with van der Waals surface area (Å²) in [7, 11) is -2.63. The number of halogens is 2. The largest absolute Gasteiger partial charge is 0.465 e. The molecule has 0 fully saturated rings. The quantitative estimate of drug-likeness (QED) is 0.472. The van der Waals surface area contributed by atoms with Crippen LogP contribution in [0.3, 0.4) is 0 Å². The van der Waals surface area contributed by atoms with Crippen LogP contribution in [0.1, 0.15) is 26.3 Å². The summed E-state index contributed by atoms with van der Waals surface area (Å²) in [6.07, 6.45) is 0. The number of methoxy groups -OCH3 is 1. The number of amides is 1. The van der Waals surface area contributed by atoms with Crippen molar-refractivity contribution in [1.82, 2.24) is 5.32 Å². The fourth-order valence-electron chi connectivity index (χ4n) is 2.74. The van der Waals surface area contributed by atoms with Crippen LogP contribution in [0.5, 0.6) is 0 Å². The van der Waals surface area contributed by atoms with E-state index in [1.165, 1.54) is 37.4 Å². The van der Waals surface area contributed by atoms with Gasteiger partial charge in [-0.2, -0.15) is 0 Å². The molecule has 0 heterocycles. The molecule has 0 aliphatic heterocycles. The van der Waals surface area contributed by atoms with Crippen LogP contribution in [0.4, 0.5) is 5.69 Å². The van der Waals surface area contributed by atoms with Crippen molar-refractivity contribution in [2.75, 3.05) is 11.8 Å². The van der Waals surface area contributed by atoms with Crippen LogP contribution in [0, 0.1) is 0 Å². The Hall–Kier alpha value is -3.07. The van der Waals surface area contributed by atoms with Crippen LogP contribution in [-0.4, -0.2) is 27.4 Å². The van der Waals surface area contributed by atoms with Crippen molar-refractivity contribution < 1.29 is 22.7 Å². The molecule has 0 radical (unpaired) electrons. The Kier molecular flexibility index (Phi) is 7.40. The number of rotatable bonds is 7. The maximum absolute atomic E-state index is 12.6. The van der Waals surface area contributed by atoms with Gasteiger partial charge in [-0.3, -0.25) is 9.52 Å². The van der Waals surface area contributed by atoms with Crippen molar-refractivity contribution in [2.24, 2.45) is 0 Å². The molecule has 3 aromatic carbocycles. The van der Waals surface area contributed by atoms with Gasteiger partial charge in [-0.25, -0.2) is 13.2 Å². The van der Waals surface area contributed by atoms with Crippen molar-refractivity contribution in [3.8, 4) is 0 Å². The maximum Gasteiger partial charge on any atom is 0.337 e. The first kappa shape index (κ1) is 23.6. The number of carbonyl (C=O) groups excluding carboxylic acids is 2. The molecule has 0 aliphatic carbocycles. The summed E-state index contributed by atoms with van der Waals surface area (Å²) in [5.41, 5.74) is 1.67. The number of nitrogens with one attached hydrogen (secondary N) is 2. The average molecular weight is 493 g/mol. The van der Waals surface area contributed by atoms with Crippen LogP contribution < -0.4 is 10.0 Å². The number of sulfonamides is 1. The van der Waals surface area contributed by atoms with Crippen molar-refractivity contribution in [3.63, 3.8) is 0 Å².